The van der Waals surface area contributed by atoms with E-state index < -0.39 is 6.03 Å². The number of methoxy groups -OCH3 is 1. The van der Waals surface area contributed by atoms with E-state index in [1.54, 1.807) is 25.3 Å². The number of amides is 2. The number of ether oxygens (including phenoxy) is 3. The maximum absolute atomic E-state index is 11.9. The maximum Gasteiger partial charge on any atom is 0.339 e. The van der Waals surface area contributed by atoms with Gasteiger partial charge in [0.05, 0.1) is 13.3 Å². The van der Waals surface area contributed by atoms with E-state index in [4.69, 9.17) is 14.2 Å². The molecule has 0 bridgehead atoms. The van der Waals surface area contributed by atoms with Crippen LogP contribution in [0.4, 0.5) is 10.5 Å². The number of rotatable bonds is 10. The van der Waals surface area contributed by atoms with Crippen LogP contribution in [0.25, 0.3) is 0 Å². The third kappa shape index (κ3) is 7.50. The van der Waals surface area contributed by atoms with E-state index in [0.29, 0.717) is 36.3 Å². The molecule has 0 heterocycles. The lowest BCUT2D eigenvalue weighted by Gasteiger charge is -2.22. The topological polar surface area (TPSA) is 81.2 Å². The quantitative estimate of drug-likeness (QED) is 0.198. The number of urea groups is 1. The summed E-state index contributed by atoms with van der Waals surface area (Å²) in [5.74, 6) is 2.73. The van der Waals surface area contributed by atoms with E-state index in [1.807, 2.05) is 42.5 Å². The van der Waals surface area contributed by atoms with Crippen LogP contribution in [0.3, 0.4) is 0 Å². The highest BCUT2D eigenvalue weighted by Gasteiger charge is 2.15. The van der Waals surface area contributed by atoms with Gasteiger partial charge in [-0.15, -0.1) is 0 Å². The first-order valence-electron chi connectivity index (χ1n) is 12.4. The van der Waals surface area contributed by atoms with Crippen molar-refractivity contribution in [1.29, 1.82) is 0 Å². The number of hydrogen-bond acceptors (Lipinski definition) is 5. The smallest absolute Gasteiger partial charge is 0.339 e. The molecule has 2 N–H and O–H groups in total. The van der Waals surface area contributed by atoms with Crippen LogP contribution in [-0.2, 0) is 0 Å². The van der Waals surface area contributed by atoms with E-state index in [1.165, 1.54) is 43.9 Å². The molecular formula is C29H33N3O4. The Hall–Kier alpha value is -4.00. The number of nitrogens with zero attached hydrogens (tertiary/aromatic N) is 1. The molecule has 3 aromatic rings. The molecule has 1 aliphatic carbocycles. The SMILES string of the molecule is COc1cc(/C=N/NC(=O)Nc2ccccc2)ccc1OCCOc1ccc(C2CCCCC2)cc1. The van der Waals surface area contributed by atoms with E-state index >= 15 is 0 Å². The van der Waals surface area contributed by atoms with Gasteiger partial charge in [-0.25, -0.2) is 10.2 Å². The van der Waals surface area contributed by atoms with Gasteiger partial charge < -0.3 is 19.5 Å². The fourth-order valence-corrected chi connectivity index (χ4v) is 4.31. The fraction of sp³-hybridized carbons (Fsp3) is 0.310. The molecule has 1 saturated carbocycles. The zero-order chi connectivity index (χ0) is 25.0. The number of hydrazone groups is 1. The first-order valence-corrected chi connectivity index (χ1v) is 12.4. The highest BCUT2D eigenvalue weighted by molar-refractivity contribution is 5.90. The molecule has 2 amide bonds. The Bertz CT molecular complexity index is 1130. The van der Waals surface area contributed by atoms with Crippen molar-refractivity contribution in [2.75, 3.05) is 25.6 Å². The van der Waals surface area contributed by atoms with Crippen molar-refractivity contribution < 1.29 is 19.0 Å². The Morgan fingerprint density at radius 2 is 1.67 bits per heavy atom. The molecule has 1 aliphatic rings. The number of anilines is 1. The van der Waals surface area contributed by atoms with Gasteiger partial charge in [-0.3, -0.25) is 0 Å². The molecule has 0 saturated heterocycles. The van der Waals surface area contributed by atoms with Gasteiger partial charge in [-0.2, -0.15) is 5.10 Å². The molecule has 0 spiro atoms. The predicted octanol–water partition coefficient (Wildman–Crippen LogP) is 6.36. The van der Waals surface area contributed by atoms with Crippen LogP contribution in [0.1, 0.15) is 49.1 Å². The molecule has 1 fully saturated rings. The highest BCUT2D eigenvalue weighted by Crippen LogP contribution is 2.33. The second kappa shape index (κ2) is 13.2. The van der Waals surface area contributed by atoms with E-state index in [9.17, 15) is 4.79 Å². The average molecular weight is 488 g/mol. The molecular weight excluding hydrogens is 454 g/mol. The number of para-hydroxylation sites is 1. The molecule has 4 rings (SSSR count). The van der Waals surface area contributed by atoms with Crippen LogP contribution >= 0.6 is 0 Å². The summed E-state index contributed by atoms with van der Waals surface area (Å²) in [6.45, 7) is 0.810. The monoisotopic (exact) mass is 487 g/mol. The highest BCUT2D eigenvalue weighted by atomic mass is 16.5. The van der Waals surface area contributed by atoms with Crippen LogP contribution in [-0.4, -0.2) is 32.6 Å². The van der Waals surface area contributed by atoms with Gasteiger partial charge in [0.1, 0.15) is 19.0 Å². The van der Waals surface area contributed by atoms with Crippen molar-refractivity contribution >= 4 is 17.9 Å². The van der Waals surface area contributed by atoms with Gasteiger partial charge >= 0.3 is 6.03 Å². The van der Waals surface area contributed by atoms with Crippen LogP contribution in [0.5, 0.6) is 17.2 Å². The zero-order valence-electron chi connectivity index (χ0n) is 20.6. The summed E-state index contributed by atoms with van der Waals surface area (Å²) in [5.41, 5.74) is 5.30. The molecule has 188 valence electrons. The second-order valence-corrected chi connectivity index (χ2v) is 8.70. The summed E-state index contributed by atoms with van der Waals surface area (Å²) in [6.07, 6.45) is 8.16. The van der Waals surface area contributed by atoms with Crippen molar-refractivity contribution in [3.8, 4) is 17.2 Å². The summed E-state index contributed by atoms with van der Waals surface area (Å²) in [4.78, 5) is 11.9. The molecule has 0 atom stereocenters. The fourth-order valence-electron chi connectivity index (χ4n) is 4.31. The molecule has 7 nitrogen and oxygen atoms in total. The molecule has 0 aromatic heterocycles. The van der Waals surface area contributed by atoms with Gasteiger partial charge in [0, 0.05) is 5.69 Å². The minimum Gasteiger partial charge on any atom is -0.493 e. The van der Waals surface area contributed by atoms with Crippen LogP contribution in [0.15, 0.2) is 77.9 Å². The molecule has 0 aliphatic heterocycles. The lowest BCUT2D eigenvalue weighted by Crippen LogP contribution is -2.24. The molecule has 3 aromatic carbocycles. The number of carbonyl (C=O) groups is 1. The lowest BCUT2D eigenvalue weighted by atomic mass is 9.84. The summed E-state index contributed by atoms with van der Waals surface area (Å²) < 4.78 is 17.2. The summed E-state index contributed by atoms with van der Waals surface area (Å²) in [6, 6.07) is 22.7. The first kappa shape index (κ1) is 25.1. The second-order valence-electron chi connectivity index (χ2n) is 8.70. The zero-order valence-corrected chi connectivity index (χ0v) is 20.6. The largest absolute Gasteiger partial charge is 0.493 e. The van der Waals surface area contributed by atoms with Gasteiger partial charge in [0.25, 0.3) is 0 Å². The predicted molar refractivity (Wildman–Crippen MR) is 142 cm³/mol. The van der Waals surface area contributed by atoms with E-state index in [-0.39, 0.29) is 0 Å². The van der Waals surface area contributed by atoms with Crippen molar-refractivity contribution in [2.45, 2.75) is 38.0 Å². The van der Waals surface area contributed by atoms with Gasteiger partial charge in [0.2, 0.25) is 0 Å². The molecule has 0 unspecified atom stereocenters. The van der Waals surface area contributed by atoms with Crippen molar-refractivity contribution in [1.82, 2.24) is 5.43 Å². The van der Waals surface area contributed by atoms with Gasteiger partial charge in [-0.1, -0.05) is 49.6 Å². The van der Waals surface area contributed by atoms with Crippen molar-refractivity contribution in [3.05, 3.63) is 83.9 Å². The molecule has 36 heavy (non-hydrogen) atoms. The van der Waals surface area contributed by atoms with E-state index in [0.717, 1.165) is 11.3 Å². The Labute approximate surface area is 212 Å². The minimum atomic E-state index is -0.423. The Balaban J connectivity index is 1.21. The third-order valence-electron chi connectivity index (χ3n) is 6.17. The van der Waals surface area contributed by atoms with Crippen molar-refractivity contribution in [2.24, 2.45) is 5.10 Å². The summed E-state index contributed by atoms with van der Waals surface area (Å²) in [7, 11) is 1.58. The van der Waals surface area contributed by atoms with Crippen LogP contribution in [0, 0.1) is 0 Å². The Morgan fingerprint density at radius 1 is 0.917 bits per heavy atom. The minimum absolute atomic E-state index is 0.384. The normalized spacial score (nSPS) is 13.8. The lowest BCUT2D eigenvalue weighted by molar-refractivity contribution is 0.211. The number of carbonyl (C=O) groups excluding carboxylic acids is 1. The summed E-state index contributed by atoms with van der Waals surface area (Å²) in [5, 5.41) is 6.68. The summed E-state index contributed by atoms with van der Waals surface area (Å²) >= 11 is 0. The molecule has 7 heteroatoms. The maximum atomic E-state index is 11.9. The van der Waals surface area contributed by atoms with Crippen LogP contribution in [0.2, 0.25) is 0 Å². The Kier molecular flexibility index (Phi) is 9.19. The number of hydrogen-bond donors (Lipinski definition) is 2. The van der Waals surface area contributed by atoms with Crippen LogP contribution < -0.4 is 25.0 Å². The standard InChI is InChI=1S/C29H33N3O4/c1-34-28-20-22(21-30-32-29(33)31-25-10-6-3-7-11-25)12-17-27(28)36-19-18-35-26-15-13-24(14-16-26)23-8-4-2-5-9-23/h3,6-7,10-17,20-21,23H,2,4-5,8-9,18-19H2,1H3,(H2,31,32,33)/b30-21+. The van der Waals surface area contributed by atoms with Gasteiger partial charge in [0.15, 0.2) is 11.5 Å². The number of nitrogens with one attached hydrogen (secondary N) is 2. The average Bonchev–Trinajstić information content (AvgIpc) is 2.93. The van der Waals surface area contributed by atoms with Crippen molar-refractivity contribution in [3.63, 3.8) is 0 Å². The first-order chi connectivity index (χ1) is 17.7. The molecule has 0 radical (unpaired) electrons. The third-order valence-corrected chi connectivity index (χ3v) is 6.17. The number of benzene rings is 3. The van der Waals surface area contributed by atoms with Gasteiger partial charge in [-0.05, 0) is 72.4 Å². The Morgan fingerprint density at radius 3 is 2.42 bits per heavy atom. The van der Waals surface area contributed by atoms with E-state index in [2.05, 4.69) is 28.0 Å².